The van der Waals surface area contributed by atoms with Crippen molar-refractivity contribution >= 4 is 18.4 Å². The average molecular weight is 322 g/mol. The molecule has 1 rings (SSSR count). The zero-order chi connectivity index (χ0) is 16.5. The number of carbonyl (C=O) groups excluding carboxylic acids is 1. The second-order valence-corrected chi connectivity index (χ2v) is 5.66. The van der Waals surface area contributed by atoms with Crippen molar-refractivity contribution in [3.8, 4) is 23.3 Å². The highest BCUT2D eigenvalue weighted by molar-refractivity contribution is 7.81. The highest BCUT2D eigenvalue weighted by Gasteiger charge is 2.15. The van der Waals surface area contributed by atoms with Crippen molar-refractivity contribution < 1.29 is 19.7 Å². The fourth-order valence-corrected chi connectivity index (χ4v) is 2.04. The van der Waals surface area contributed by atoms with Crippen LogP contribution in [0.5, 0.6) is 11.5 Å². The number of ketones is 1. The monoisotopic (exact) mass is 322 g/mol. The van der Waals surface area contributed by atoms with Gasteiger partial charge in [0, 0.05) is 17.2 Å². The molecule has 2 N–H and O–H groups in total. The van der Waals surface area contributed by atoms with Gasteiger partial charge in [-0.25, -0.2) is 0 Å². The molecule has 1 aromatic carbocycles. The van der Waals surface area contributed by atoms with Crippen LogP contribution < -0.4 is 4.74 Å². The molecule has 22 heavy (non-hydrogen) atoms. The van der Waals surface area contributed by atoms with Crippen LogP contribution in [0, 0.1) is 11.8 Å². The Hall–Kier alpha value is -1.64. The average Bonchev–Trinajstić information content (AvgIpc) is 2.49. The third kappa shape index (κ3) is 5.28. The molecule has 0 radical (unpaired) electrons. The smallest absolute Gasteiger partial charge is 0.163 e. The lowest BCUT2D eigenvalue weighted by Gasteiger charge is -2.13. The number of phenolic OH excluding ortho intramolecular Hbond substituents is 1. The molecule has 1 unspecified atom stereocenters. The van der Waals surface area contributed by atoms with E-state index < -0.39 is 0 Å². The number of Topliss-reactive ketones (excluding diaryl/α,β-unsaturated/α-hetero) is 1. The molecule has 0 heterocycles. The number of hydrogen-bond acceptors (Lipinski definition) is 5. The van der Waals surface area contributed by atoms with Crippen molar-refractivity contribution in [3.05, 3.63) is 23.3 Å². The Morgan fingerprint density at radius 2 is 2.14 bits per heavy atom. The van der Waals surface area contributed by atoms with Crippen molar-refractivity contribution in [2.45, 2.75) is 38.4 Å². The van der Waals surface area contributed by atoms with Gasteiger partial charge in [-0.15, -0.1) is 0 Å². The van der Waals surface area contributed by atoms with Gasteiger partial charge in [0.15, 0.2) is 5.78 Å². The van der Waals surface area contributed by atoms with Crippen LogP contribution in [0.25, 0.3) is 0 Å². The van der Waals surface area contributed by atoms with Crippen molar-refractivity contribution in [1.29, 1.82) is 0 Å². The van der Waals surface area contributed by atoms with Gasteiger partial charge in [0.1, 0.15) is 18.1 Å². The number of aromatic hydroxyl groups is 1. The highest BCUT2D eigenvalue weighted by Crippen LogP contribution is 2.32. The van der Waals surface area contributed by atoms with Gasteiger partial charge in [-0.1, -0.05) is 25.2 Å². The van der Waals surface area contributed by atoms with Gasteiger partial charge in [0.2, 0.25) is 0 Å². The summed E-state index contributed by atoms with van der Waals surface area (Å²) in [4.78, 5) is 11.5. The summed E-state index contributed by atoms with van der Waals surface area (Å²) < 4.78 is 5.59. The molecule has 0 aliphatic heterocycles. The molecular formula is C17H22O4S. The molecule has 0 saturated carbocycles. The van der Waals surface area contributed by atoms with Crippen LogP contribution in [-0.2, 0) is 6.42 Å². The van der Waals surface area contributed by atoms with E-state index in [9.17, 15) is 9.90 Å². The van der Waals surface area contributed by atoms with E-state index in [4.69, 9.17) is 9.84 Å². The van der Waals surface area contributed by atoms with Crippen molar-refractivity contribution in [2.75, 3.05) is 13.2 Å². The first-order valence-corrected chi connectivity index (χ1v) is 7.76. The lowest BCUT2D eigenvalue weighted by atomic mass is 10.0. The molecule has 0 bridgehead atoms. The molecule has 0 spiro atoms. The lowest BCUT2D eigenvalue weighted by molar-refractivity contribution is 0.101. The Morgan fingerprint density at radius 1 is 1.41 bits per heavy atom. The molecule has 1 atom stereocenters. The fraction of sp³-hybridized carbons (Fsp3) is 0.471. The quantitative estimate of drug-likeness (QED) is 0.410. The Labute approximate surface area is 136 Å². The fourth-order valence-electron chi connectivity index (χ4n) is 1.95. The number of aliphatic hydroxyl groups excluding tert-OH is 1. The summed E-state index contributed by atoms with van der Waals surface area (Å²) >= 11 is 4.13. The van der Waals surface area contributed by atoms with Crippen LogP contribution >= 0.6 is 12.6 Å². The Morgan fingerprint density at radius 3 is 2.73 bits per heavy atom. The number of benzene rings is 1. The zero-order valence-corrected chi connectivity index (χ0v) is 13.8. The number of phenols is 1. The van der Waals surface area contributed by atoms with Crippen LogP contribution in [0.15, 0.2) is 12.1 Å². The number of aliphatic hydroxyl groups is 1. The molecule has 0 amide bonds. The molecule has 4 nitrogen and oxygen atoms in total. The van der Waals surface area contributed by atoms with Crippen LogP contribution in [0.4, 0.5) is 0 Å². The van der Waals surface area contributed by atoms with E-state index in [0.717, 1.165) is 6.42 Å². The van der Waals surface area contributed by atoms with E-state index in [2.05, 4.69) is 24.5 Å². The molecule has 0 saturated heterocycles. The van der Waals surface area contributed by atoms with Crippen LogP contribution in [-0.4, -0.2) is 34.5 Å². The molecule has 5 heteroatoms. The van der Waals surface area contributed by atoms with Crippen molar-refractivity contribution in [2.24, 2.45) is 0 Å². The predicted molar refractivity (Wildman–Crippen MR) is 89.9 cm³/mol. The summed E-state index contributed by atoms with van der Waals surface area (Å²) in [6.45, 7) is 3.58. The summed E-state index contributed by atoms with van der Waals surface area (Å²) in [5.41, 5.74) is 0.946. The second-order valence-electron chi connectivity index (χ2n) is 4.93. The lowest BCUT2D eigenvalue weighted by Crippen LogP contribution is -2.04. The molecule has 1 aromatic rings. The minimum absolute atomic E-state index is 0.00416. The summed E-state index contributed by atoms with van der Waals surface area (Å²) in [6, 6.07) is 3.26. The standard InChI is InChI=1S/C17H22O4S/c1-3-6-15-16(9-8-14(12(2)19)17(15)20)21-10-5-4-7-13(22)11-18/h8-9,13,18,20,22H,3,6-7,10-11H2,1-2H3. The third-order valence-corrected chi connectivity index (χ3v) is 3.44. The number of rotatable bonds is 7. The topological polar surface area (TPSA) is 66.8 Å². The number of thiol groups is 1. The predicted octanol–water partition coefficient (Wildman–Crippen LogP) is 2.61. The van der Waals surface area contributed by atoms with Gasteiger partial charge in [0.25, 0.3) is 0 Å². The van der Waals surface area contributed by atoms with Gasteiger partial charge >= 0.3 is 0 Å². The zero-order valence-electron chi connectivity index (χ0n) is 12.9. The maximum atomic E-state index is 11.5. The molecule has 0 fully saturated rings. The molecule has 0 aliphatic carbocycles. The molecule has 0 aliphatic rings. The second kappa shape index (κ2) is 9.39. The number of carbonyl (C=O) groups is 1. The number of hydrogen-bond donors (Lipinski definition) is 3. The third-order valence-electron chi connectivity index (χ3n) is 3.09. The summed E-state index contributed by atoms with van der Waals surface area (Å²) in [7, 11) is 0. The summed E-state index contributed by atoms with van der Waals surface area (Å²) in [6.07, 6.45) is 1.94. The number of ether oxygens (including phenoxy) is 1. The van der Waals surface area contributed by atoms with Gasteiger partial charge < -0.3 is 14.9 Å². The molecule has 0 aromatic heterocycles. The Bertz CT molecular complexity index is 572. The van der Waals surface area contributed by atoms with E-state index in [1.165, 1.54) is 6.92 Å². The summed E-state index contributed by atoms with van der Waals surface area (Å²) in [5.74, 6) is 6.08. The first-order valence-electron chi connectivity index (χ1n) is 7.24. The van der Waals surface area contributed by atoms with Crippen LogP contribution in [0.1, 0.15) is 42.6 Å². The van der Waals surface area contributed by atoms with Gasteiger partial charge in [0.05, 0.1) is 12.2 Å². The van der Waals surface area contributed by atoms with Gasteiger partial charge in [-0.05, 0) is 25.5 Å². The van der Waals surface area contributed by atoms with Crippen LogP contribution in [0.2, 0.25) is 0 Å². The van der Waals surface area contributed by atoms with E-state index in [1.54, 1.807) is 12.1 Å². The largest absolute Gasteiger partial charge is 0.507 e. The first-order chi connectivity index (χ1) is 10.5. The first kappa shape index (κ1) is 18.4. The Balaban J connectivity index is 2.82. The molecule has 120 valence electrons. The van der Waals surface area contributed by atoms with Crippen LogP contribution in [0.3, 0.4) is 0 Å². The van der Waals surface area contributed by atoms with Gasteiger partial charge in [-0.3, -0.25) is 4.79 Å². The van der Waals surface area contributed by atoms with E-state index in [1.807, 2.05) is 6.92 Å². The SMILES string of the molecule is CCCc1c(OCC#CCC(S)CO)ccc(C(C)=O)c1O. The van der Waals surface area contributed by atoms with Crippen molar-refractivity contribution in [1.82, 2.24) is 0 Å². The Kier molecular flexibility index (Phi) is 7.86. The van der Waals surface area contributed by atoms with E-state index in [0.29, 0.717) is 29.7 Å². The minimum atomic E-state index is -0.176. The maximum absolute atomic E-state index is 11.5. The molecular weight excluding hydrogens is 300 g/mol. The minimum Gasteiger partial charge on any atom is -0.507 e. The van der Waals surface area contributed by atoms with E-state index >= 15 is 0 Å². The highest BCUT2D eigenvalue weighted by atomic mass is 32.1. The van der Waals surface area contributed by atoms with Crippen molar-refractivity contribution in [3.63, 3.8) is 0 Å². The van der Waals surface area contributed by atoms with E-state index in [-0.39, 0.29) is 30.0 Å². The normalized spacial score (nSPS) is 11.5. The summed E-state index contributed by atoms with van der Waals surface area (Å²) in [5, 5.41) is 18.9. The van der Waals surface area contributed by atoms with Gasteiger partial charge in [-0.2, -0.15) is 12.6 Å². The maximum Gasteiger partial charge on any atom is 0.163 e.